The van der Waals surface area contributed by atoms with Crippen LogP contribution in [0.25, 0.3) is 0 Å². The topological polar surface area (TPSA) is 50.1 Å². The van der Waals surface area contributed by atoms with Crippen LogP contribution in [0.3, 0.4) is 0 Å². The molecule has 2 atom stereocenters. The number of hydrogen-bond acceptors (Lipinski definition) is 3. The SMILES string of the molecule is CCC(C)(CC(C)C#N)C(=O)OC. The summed E-state index contributed by atoms with van der Waals surface area (Å²) in [5.74, 6) is -0.332. The molecule has 0 amide bonds. The molecule has 0 aromatic carbocycles. The Morgan fingerprint density at radius 3 is 2.54 bits per heavy atom. The second-order valence-electron chi connectivity index (χ2n) is 3.64. The van der Waals surface area contributed by atoms with E-state index in [2.05, 4.69) is 6.07 Å². The zero-order valence-corrected chi connectivity index (χ0v) is 8.76. The Balaban J connectivity index is 4.47. The first-order valence-electron chi connectivity index (χ1n) is 4.48. The highest BCUT2D eigenvalue weighted by atomic mass is 16.5. The van der Waals surface area contributed by atoms with Gasteiger partial charge in [-0.25, -0.2) is 0 Å². The summed E-state index contributed by atoms with van der Waals surface area (Å²) in [6, 6.07) is 2.13. The number of carbonyl (C=O) groups excluding carboxylic acids is 1. The zero-order valence-electron chi connectivity index (χ0n) is 8.76. The maximum atomic E-state index is 11.4. The first-order valence-corrected chi connectivity index (χ1v) is 4.48. The van der Waals surface area contributed by atoms with Gasteiger partial charge in [0.15, 0.2) is 0 Å². The normalized spacial score (nSPS) is 16.8. The van der Waals surface area contributed by atoms with E-state index in [1.165, 1.54) is 7.11 Å². The van der Waals surface area contributed by atoms with Gasteiger partial charge in [-0.15, -0.1) is 0 Å². The summed E-state index contributed by atoms with van der Waals surface area (Å²) in [5.41, 5.74) is -0.510. The first kappa shape index (κ1) is 12.0. The Kier molecular flexibility index (Phi) is 4.47. The van der Waals surface area contributed by atoms with Gasteiger partial charge in [0, 0.05) is 5.92 Å². The molecule has 0 bridgehead atoms. The minimum Gasteiger partial charge on any atom is -0.469 e. The number of esters is 1. The van der Waals surface area contributed by atoms with Crippen molar-refractivity contribution < 1.29 is 9.53 Å². The number of nitrogens with zero attached hydrogens (tertiary/aromatic N) is 1. The van der Waals surface area contributed by atoms with Crippen molar-refractivity contribution in [1.82, 2.24) is 0 Å². The Hall–Kier alpha value is -1.04. The smallest absolute Gasteiger partial charge is 0.311 e. The summed E-state index contributed by atoms with van der Waals surface area (Å²) in [6.45, 7) is 5.59. The third kappa shape index (κ3) is 3.06. The van der Waals surface area contributed by atoms with Gasteiger partial charge in [0.25, 0.3) is 0 Å². The molecule has 3 heteroatoms. The molecule has 0 heterocycles. The number of hydrogen-bond donors (Lipinski definition) is 0. The lowest BCUT2D eigenvalue weighted by Crippen LogP contribution is -2.30. The molecule has 0 aliphatic heterocycles. The number of rotatable bonds is 4. The van der Waals surface area contributed by atoms with Crippen LogP contribution in [-0.2, 0) is 9.53 Å². The van der Waals surface area contributed by atoms with Crippen LogP contribution in [0.1, 0.15) is 33.6 Å². The van der Waals surface area contributed by atoms with Gasteiger partial charge in [0.05, 0.1) is 18.6 Å². The van der Waals surface area contributed by atoms with Gasteiger partial charge in [-0.2, -0.15) is 5.26 Å². The zero-order chi connectivity index (χ0) is 10.5. The second kappa shape index (κ2) is 4.86. The predicted molar refractivity (Wildman–Crippen MR) is 49.8 cm³/mol. The molecule has 0 aromatic rings. The molecule has 2 unspecified atom stereocenters. The lowest BCUT2D eigenvalue weighted by molar-refractivity contribution is -0.152. The molecule has 3 nitrogen and oxygen atoms in total. The first-order chi connectivity index (χ1) is 6.00. The van der Waals surface area contributed by atoms with E-state index in [-0.39, 0.29) is 11.9 Å². The van der Waals surface area contributed by atoms with Gasteiger partial charge < -0.3 is 4.74 Å². The standard InChI is InChI=1S/C10H17NO2/c1-5-10(3,9(12)13-4)6-8(2)7-11/h8H,5-6H2,1-4H3. The molecule has 74 valence electrons. The fourth-order valence-corrected chi connectivity index (χ4v) is 1.34. The van der Waals surface area contributed by atoms with E-state index in [1.54, 1.807) is 0 Å². The van der Waals surface area contributed by atoms with Crippen molar-refractivity contribution in [1.29, 1.82) is 5.26 Å². The highest BCUT2D eigenvalue weighted by molar-refractivity contribution is 5.76. The molecule has 0 saturated carbocycles. The van der Waals surface area contributed by atoms with Crippen LogP contribution < -0.4 is 0 Å². The van der Waals surface area contributed by atoms with Crippen LogP contribution in [-0.4, -0.2) is 13.1 Å². The Bertz CT molecular complexity index is 219. The van der Waals surface area contributed by atoms with Gasteiger partial charge in [-0.05, 0) is 26.7 Å². The molecule has 0 spiro atoms. The van der Waals surface area contributed by atoms with Gasteiger partial charge in [0.1, 0.15) is 0 Å². The second-order valence-corrected chi connectivity index (χ2v) is 3.64. The van der Waals surface area contributed by atoms with Crippen LogP contribution in [0.4, 0.5) is 0 Å². The van der Waals surface area contributed by atoms with E-state index in [4.69, 9.17) is 10.00 Å². The lowest BCUT2D eigenvalue weighted by atomic mass is 9.80. The fourth-order valence-electron chi connectivity index (χ4n) is 1.34. The summed E-state index contributed by atoms with van der Waals surface area (Å²) < 4.78 is 4.70. The van der Waals surface area contributed by atoms with Crippen LogP contribution >= 0.6 is 0 Å². The van der Waals surface area contributed by atoms with Crippen LogP contribution in [0, 0.1) is 22.7 Å². The minimum absolute atomic E-state index is 0.107. The minimum atomic E-state index is -0.510. The summed E-state index contributed by atoms with van der Waals surface area (Å²) in [7, 11) is 1.38. The highest BCUT2D eigenvalue weighted by Crippen LogP contribution is 2.30. The maximum absolute atomic E-state index is 11.4. The highest BCUT2D eigenvalue weighted by Gasteiger charge is 2.33. The van der Waals surface area contributed by atoms with Gasteiger partial charge >= 0.3 is 5.97 Å². The number of methoxy groups -OCH3 is 1. The average Bonchev–Trinajstić information content (AvgIpc) is 2.15. The van der Waals surface area contributed by atoms with Crippen molar-refractivity contribution in [2.75, 3.05) is 7.11 Å². The van der Waals surface area contributed by atoms with Crippen LogP contribution in [0.2, 0.25) is 0 Å². The molecule has 0 aliphatic rings. The largest absolute Gasteiger partial charge is 0.469 e. The molecule has 0 aliphatic carbocycles. The summed E-state index contributed by atoms with van der Waals surface area (Å²) in [5, 5.41) is 8.65. The van der Waals surface area contributed by atoms with E-state index in [1.807, 2.05) is 20.8 Å². The summed E-state index contributed by atoms with van der Waals surface area (Å²) in [6.07, 6.45) is 1.26. The molecule has 13 heavy (non-hydrogen) atoms. The average molecular weight is 183 g/mol. The quantitative estimate of drug-likeness (QED) is 0.627. The molecule has 0 aromatic heterocycles. The van der Waals surface area contributed by atoms with Crippen LogP contribution in [0.5, 0.6) is 0 Å². The maximum Gasteiger partial charge on any atom is 0.311 e. The molecule has 0 fully saturated rings. The van der Waals surface area contributed by atoms with E-state index in [0.717, 1.165) is 0 Å². The van der Waals surface area contributed by atoms with E-state index in [0.29, 0.717) is 12.8 Å². The van der Waals surface area contributed by atoms with Crippen LogP contribution in [0.15, 0.2) is 0 Å². The molecular weight excluding hydrogens is 166 g/mol. The predicted octanol–water partition coefficient (Wildman–Crippen LogP) is 2.13. The molecule has 0 saturated heterocycles. The Labute approximate surface area is 79.7 Å². The summed E-state index contributed by atoms with van der Waals surface area (Å²) >= 11 is 0. The van der Waals surface area contributed by atoms with E-state index in [9.17, 15) is 4.79 Å². The number of ether oxygens (including phenoxy) is 1. The van der Waals surface area contributed by atoms with Gasteiger partial charge in [-0.1, -0.05) is 6.92 Å². The molecule has 0 N–H and O–H groups in total. The number of carbonyl (C=O) groups is 1. The van der Waals surface area contributed by atoms with Crippen molar-refractivity contribution in [2.24, 2.45) is 11.3 Å². The van der Waals surface area contributed by atoms with E-state index < -0.39 is 5.41 Å². The van der Waals surface area contributed by atoms with Crippen molar-refractivity contribution in [3.63, 3.8) is 0 Å². The fraction of sp³-hybridized carbons (Fsp3) is 0.800. The van der Waals surface area contributed by atoms with Crippen molar-refractivity contribution >= 4 is 5.97 Å². The summed E-state index contributed by atoms with van der Waals surface area (Å²) in [4.78, 5) is 11.4. The van der Waals surface area contributed by atoms with Gasteiger partial charge in [0.2, 0.25) is 0 Å². The van der Waals surface area contributed by atoms with Crippen molar-refractivity contribution in [3.8, 4) is 6.07 Å². The van der Waals surface area contributed by atoms with E-state index >= 15 is 0 Å². The number of nitriles is 1. The lowest BCUT2D eigenvalue weighted by Gasteiger charge is -2.25. The molecule has 0 radical (unpaired) electrons. The monoisotopic (exact) mass is 183 g/mol. The Morgan fingerprint density at radius 1 is 1.69 bits per heavy atom. The van der Waals surface area contributed by atoms with Crippen molar-refractivity contribution in [2.45, 2.75) is 33.6 Å². The Morgan fingerprint density at radius 2 is 2.23 bits per heavy atom. The third-order valence-electron chi connectivity index (χ3n) is 2.44. The van der Waals surface area contributed by atoms with Gasteiger partial charge in [-0.3, -0.25) is 4.79 Å². The molecular formula is C10H17NO2. The molecule has 0 rings (SSSR count). The third-order valence-corrected chi connectivity index (χ3v) is 2.44. The van der Waals surface area contributed by atoms with Crippen molar-refractivity contribution in [3.05, 3.63) is 0 Å².